The van der Waals surface area contributed by atoms with Crippen molar-refractivity contribution in [3.05, 3.63) is 18.1 Å². The molecule has 1 aliphatic heterocycles. The summed E-state index contributed by atoms with van der Waals surface area (Å²) in [6, 6.07) is 0. The fourth-order valence-electron chi connectivity index (χ4n) is 3.28. The van der Waals surface area contributed by atoms with E-state index in [1.54, 1.807) is 13.2 Å². The Bertz CT molecular complexity index is 1040. The summed E-state index contributed by atoms with van der Waals surface area (Å²) in [5.41, 5.74) is 7.76. The standard InChI is InChI=1S/C16H20N8O5/c1-23(6-26)3-7-2-19-22-9(7)14-20-13(17)10-15(21-14)24(5-18-10)16-12(28)11(27)8(4-25)29-16/h2,5-6,8,11-12,16,25,27-28H,3-4H2,1H3,(H,19,22)(H2,17,20,21)/t8-,11-,12-,16-/m1/s1. The number of aliphatic hydroxyl groups is 3. The van der Waals surface area contributed by atoms with Gasteiger partial charge in [-0.2, -0.15) is 5.10 Å². The Labute approximate surface area is 163 Å². The highest BCUT2D eigenvalue weighted by atomic mass is 16.6. The second-order valence-electron chi connectivity index (χ2n) is 6.78. The fourth-order valence-corrected chi connectivity index (χ4v) is 3.28. The number of H-pyrrole nitrogens is 1. The predicted octanol–water partition coefficient (Wildman–Crippen LogP) is -2.00. The van der Waals surface area contributed by atoms with Gasteiger partial charge >= 0.3 is 0 Å². The van der Waals surface area contributed by atoms with E-state index in [-0.39, 0.29) is 29.4 Å². The number of rotatable bonds is 6. The van der Waals surface area contributed by atoms with Crippen LogP contribution in [0.1, 0.15) is 11.8 Å². The molecule has 4 rings (SSSR count). The lowest BCUT2D eigenvalue weighted by Crippen LogP contribution is -2.33. The highest BCUT2D eigenvalue weighted by molar-refractivity contribution is 5.83. The Hall–Kier alpha value is -3.13. The van der Waals surface area contributed by atoms with Crippen molar-refractivity contribution in [3.63, 3.8) is 0 Å². The van der Waals surface area contributed by atoms with Gasteiger partial charge in [0.25, 0.3) is 0 Å². The van der Waals surface area contributed by atoms with Gasteiger partial charge in [-0.05, 0) is 0 Å². The number of aliphatic hydroxyl groups excluding tert-OH is 3. The average molecular weight is 404 g/mol. The Morgan fingerprint density at radius 1 is 1.38 bits per heavy atom. The number of carbonyl (C=O) groups excluding carboxylic acids is 1. The van der Waals surface area contributed by atoms with Crippen LogP contribution >= 0.6 is 0 Å². The molecule has 3 aromatic heterocycles. The van der Waals surface area contributed by atoms with E-state index in [1.807, 2.05) is 0 Å². The number of hydrogen-bond acceptors (Lipinski definition) is 10. The van der Waals surface area contributed by atoms with Gasteiger partial charge < -0.3 is 30.7 Å². The first-order chi connectivity index (χ1) is 13.9. The Balaban J connectivity index is 1.77. The van der Waals surface area contributed by atoms with Crippen LogP contribution in [0.2, 0.25) is 0 Å². The second kappa shape index (κ2) is 7.36. The van der Waals surface area contributed by atoms with E-state index in [0.717, 1.165) is 0 Å². The van der Waals surface area contributed by atoms with Crippen LogP contribution in [0.15, 0.2) is 12.5 Å². The van der Waals surface area contributed by atoms with Crippen molar-refractivity contribution in [3.8, 4) is 11.5 Å². The van der Waals surface area contributed by atoms with Crippen molar-refractivity contribution in [2.75, 3.05) is 19.4 Å². The number of fused-ring (bicyclic) bond motifs is 1. The van der Waals surface area contributed by atoms with Crippen LogP contribution < -0.4 is 5.73 Å². The number of hydrogen-bond donors (Lipinski definition) is 5. The van der Waals surface area contributed by atoms with Gasteiger partial charge in [0, 0.05) is 19.2 Å². The van der Waals surface area contributed by atoms with E-state index in [9.17, 15) is 20.1 Å². The molecule has 13 nitrogen and oxygen atoms in total. The van der Waals surface area contributed by atoms with E-state index in [2.05, 4.69) is 25.1 Å². The number of amides is 1. The second-order valence-corrected chi connectivity index (χ2v) is 6.78. The first kappa shape index (κ1) is 19.2. The Kier molecular flexibility index (Phi) is 4.87. The third kappa shape index (κ3) is 3.19. The van der Waals surface area contributed by atoms with Gasteiger partial charge in [0.05, 0.1) is 19.1 Å². The molecule has 1 fully saturated rings. The van der Waals surface area contributed by atoms with Gasteiger partial charge in [0.1, 0.15) is 29.5 Å². The number of anilines is 1. The van der Waals surface area contributed by atoms with Crippen LogP contribution in [0, 0.1) is 0 Å². The first-order valence-corrected chi connectivity index (χ1v) is 8.75. The lowest BCUT2D eigenvalue weighted by atomic mass is 10.1. The van der Waals surface area contributed by atoms with Crippen LogP contribution in [-0.4, -0.2) is 88.3 Å². The van der Waals surface area contributed by atoms with Crippen molar-refractivity contribution in [2.24, 2.45) is 0 Å². The normalized spacial score (nSPS) is 24.3. The molecule has 0 unspecified atom stereocenters. The lowest BCUT2D eigenvalue weighted by Gasteiger charge is -2.16. The molecule has 0 saturated carbocycles. The monoisotopic (exact) mass is 404 g/mol. The number of nitrogens with one attached hydrogen (secondary N) is 1. The molecule has 0 radical (unpaired) electrons. The summed E-state index contributed by atoms with van der Waals surface area (Å²) in [6.45, 7) is -0.170. The number of aromatic nitrogens is 6. The van der Waals surface area contributed by atoms with E-state index < -0.39 is 31.1 Å². The van der Waals surface area contributed by atoms with Crippen molar-refractivity contribution >= 4 is 23.4 Å². The number of aromatic amines is 1. The van der Waals surface area contributed by atoms with Crippen LogP contribution in [0.5, 0.6) is 0 Å². The minimum atomic E-state index is -1.30. The number of nitrogens with two attached hydrogens (primary N) is 1. The van der Waals surface area contributed by atoms with Crippen LogP contribution in [-0.2, 0) is 16.1 Å². The highest BCUT2D eigenvalue weighted by Gasteiger charge is 2.44. The lowest BCUT2D eigenvalue weighted by molar-refractivity contribution is -0.117. The first-order valence-electron chi connectivity index (χ1n) is 8.75. The molecule has 29 heavy (non-hydrogen) atoms. The summed E-state index contributed by atoms with van der Waals surface area (Å²) in [5, 5.41) is 36.5. The smallest absolute Gasteiger partial charge is 0.209 e. The molecule has 3 aromatic rings. The number of imidazole rings is 1. The summed E-state index contributed by atoms with van der Waals surface area (Å²) < 4.78 is 6.98. The largest absolute Gasteiger partial charge is 0.394 e. The van der Waals surface area contributed by atoms with Gasteiger partial charge in [0.2, 0.25) is 6.41 Å². The molecule has 0 aromatic carbocycles. The van der Waals surface area contributed by atoms with Crippen molar-refractivity contribution in [1.29, 1.82) is 0 Å². The fraction of sp³-hybridized carbons (Fsp3) is 0.438. The van der Waals surface area contributed by atoms with Gasteiger partial charge in [0.15, 0.2) is 23.5 Å². The van der Waals surface area contributed by atoms with Gasteiger partial charge in [-0.1, -0.05) is 0 Å². The minimum absolute atomic E-state index is 0.0970. The zero-order valence-electron chi connectivity index (χ0n) is 15.4. The molecule has 1 saturated heterocycles. The third-order valence-electron chi connectivity index (χ3n) is 4.78. The van der Waals surface area contributed by atoms with Crippen LogP contribution in [0.3, 0.4) is 0 Å². The molecule has 0 bridgehead atoms. The van der Waals surface area contributed by atoms with Crippen LogP contribution in [0.4, 0.5) is 5.82 Å². The molecule has 1 amide bonds. The number of nitrogens with zero attached hydrogens (tertiary/aromatic N) is 6. The van der Waals surface area contributed by atoms with Gasteiger partial charge in [-0.15, -0.1) is 0 Å². The molecule has 1 aliphatic rings. The zero-order chi connectivity index (χ0) is 20.7. The predicted molar refractivity (Wildman–Crippen MR) is 97.9 cm³/mol. The number of carbonyl (C=O) groups is 1. The highest BCUT2D eigenvalue weighted by Crippen LogP contribution is 2.32. The molecule has 13 heteroatoms. The van der Waals surface area contributed by atoms with Gasteiger partial charge in [-0.25, -0.2) is 15.0 Å². The third-order valence-corrected chi connectivity index (χ3v) is 4.78. The number of ether oxygens (including phenoxy) is 1. The molecule has 154 valence electrons. The Morgan fingerprint density at radius 2 is 2.17 bits per heavy atom. The van der Waals surface area contributed by atoms with Crippen molar-refractivity contribution in [1.82, 2.24) is 34.6 Å². The molecular formula is C16H20N8O5. The van der Waals surface area contributed by atoms with Crippen molar-refractivity contribution in [2.45, 2.75) is 31.1 Å². The molecule has 4 atom stereocenters. The topological polar surface area (TPSA) is 189 Å². The maximum Gasteiger partial charge on any atom is 0.209 e. The molecule has 0 spiro atoms. The van der Waals surface area contributed by atoms with E-state index in [1.165, 1.54) is 15.8 Å². The SMILES string of the molecule is CN(C=O)Cc1cn[nH]c1-c1nc(N)c2ncn([C@@H]3O[C@H](CO)[C@@H](O)[C@H]3O)c2n1. The molecule has 6 N–H and O–H groups in total. The summed E-state index contributed by atoms with van der Waals surface area (Å²) in [4.78, 5) is 25.3. The van der Waals surface area contributed by atoms with E-state index >= 15 is 0 Å². The summed E-state index contributed by atoms with van der Waals surface area (Å²) in [7, 11) is 1.62. The molecule has 0 aliphatic carbocycles. The summed E-state index contributed by atoms with van der Waals surface area (Å²) >= 11 is 0. The molecule has 4 heterocycles. The zero-order valence-corrected chi connectivity index (χ0v) is 15.4. The Morgan fingerprint density at radius 3 is 2.86 bits per heavy atom. The minimum Gasteiger partial charge on any atom is -0.394 e. The maximum absolute atomic E-state index is 10.9. The summed E-state index contributed by atoms with van der Waals surface area (Å²) in [6.07, 6.45) is -0.907. The number of nitrogen functional groups attached to an aromatic ring is 1. The van der Waals surface area contributed by atoms with E-state index in [4.69, 9.17) is 10.5 Å². The molecular weight excluding hydrogens is 384 g/mol. The van der Waals surface area contributed by atoms with Gasteiger partial charge in [-0.3, -0.25) is 14.5 Å². The summed E-state index contributed by atoms with van der Waals surface area (Å²) in [5.74, 6) is 0.315. The van der Waals surface area contributed by atoms with Crippen LogP contribution in [0.25, 0.3) is 22.7 Å². The average Bonchev–Trinajstić information content (AvgIpc) is 3.41. The quantitative estimate of drug-likeness (QED) is 0.287. The van der Waals surface area contributed by atoms with E-state index in [0.29, 0.717) is 17.7 Å². The van der Waals surface area contributed by atoms with Crippen molar-refractivity contribution < 1.29 is 24.9 Å². The maximum atomic E-state index is 10.9.